The fourth-order valence-corrected chi connectivity index (χ4v) is 5.86. The van der Waals surface area contributed by atoms with Crippen molar-refractivity contribution in [2.24, 2.45) is 16.1 Å². The summed E-state index contributed by atoms with van der Waals surface area (Å²) in [6.45, 7) is 6.00. The Kier molecular flexibility index (Phi) is 12.1. The molecule has 44 heavy (non-hydrogen) atoms. The van der Waals surface area contributed by atoms with E-state index in [9.17, 15) is 9.59 Å². The number of rotatable bonds is 12. The minimum absolute atomic E-state index is 0.0624. The molecule has 3 N–H and O–H groups in total. The third-order valence-electron chi connectivity index (χ3n) is 8.19. The molecule has 2 aromatic carbocycles. The van der Waals surface area contributed by atoms with Crippen LogP contribution < -0.4 is 20.9 Å². The number of carbonyl (C=O) groups is 2. The lowest BCUT2D eigenvalue weighted by Crippen LogP contribution is -2.48. The second kappa shape index (κ2) is 16.4. The molecule has 0 bridgehead atoms. The summed E-state index contributed by atoms with van der Waals surface area (Å²) in [6.07, 6.45) is 2.63. The van der Waals surface area contributed by atoms with Crippen molar-refractivity contribution >= 4 is 23.4 Å². The molecule has 2 aromatic rings. The molecule has 2 aliphatic rings. The van der Waals surface area contributed by atoms with Crippen LogP contribution in [0.3, 0.4) is 0 Å². The zero-order valence-electron chi connectivity index (χ0n) is 25.4. The second-order valence-electron chi connectivity index (χ2n) is 11.4. The third kappa shape index (κ3) is 9.51. The van der Waals surface area contributed by atoms with Crippen LogP contribution in [0, 0.1) is 5.92 Å². The van der Waals surface area contributed by atoms with Gasteiger partial charge in [-0.1, -0.05) is 28.4 Å². The van der Waals surface area contributed by atoms with Crippen LogP contribution in [-0.2, 0) is 29.2 Å². The molecule has 4 rings (SSSR count). The first-order valence-electron chi connectivity index (χ1n) is 15.0. The number of hydrogen-bond donors (Lipinski definition) is 3. The number of amides is 2. The zero-order valence-corrected chi connectivity index (χ0v) is 25.4. The fraction of sp³-hybridized carbons (Fsp3) is 0.533. The van der Waals surface area contributed by atoms with E-state index in [0.717, 1.165) is 79.9 Å². The van der Waals surface area contributed by atoms with Gasteiger partial charge < -0.3 is 25.6 Å². The van der Waals surface area contributed by atoms with Gasteiger partial charge in [-0.2, -0.15) is 0 Å². The highest BCUT2D eigenvalue weighted by molar-refractivity contribution is 5.94. The summed E-state index contributed by atoms with van der Waals surface area (Å²) in [4.78, 5) is 34.9. The first-order valence-corrected chi connectivity index (χ1v) is 15.0. The maximum atomic E-state index is 13.5. The van der Waals surface area contributed by atoms with Crippen molar-refractivity contribution in [3.63, 3.8) is 0 Å². The average Bonchev–Trinajstić information content (AvgIpc) is 3.03. The molecular weight excluding hydrogens is 562 g/mol. The molecule has 2 amide bonds. The molecule has 0 radical (unpaired) electrons. The van der Waals surface area contributed by atoms with Crippen LogP contribution in [0.2, 0.25) is 0 Å². The highest BCUT2D eigenvalue weighted by Crippen LogP contribution is 2.30. The summed E-state index contributed by atoms with van der Waals surface area (Å²) in [7, 11) is 1.82. The molecule has 0 aromatic heterocycles. The molecule has 1 aliphatic heterocycles. The van der Waals surface area contributed by atoms with Crippen LogP contribution >= 0.6 is 0 Å². The SMILES string of the molecule is C[C@H]1CN(Cc2ccc(N(C)C(=O)C3CCC(Nc4cccc(CNC(=O)OCN=[N+]=[N-])c4)CC3)cc2CN=[N+]=[N-])CCN1. The lowest BCUT2D eigenvalue weighted by Gasteiger charge is -2.33. The van der Waals surface area contributed by atoms with E-state index in [1.165, 1.54) is 0 Å². The summed E-state index contributed by atoms with van der Waals surface area (Å²) in [5.41, 5.74) is 21.9. The number of nitrogens with one attached hydrogen (secondary N) is 3. The van der Waals surface area contributed by atoms with Crippen molar-refractivity contribution in [1.82, 2.24) is 15.5 Å². The predicted molar refractivity (Wildman–Crippen MR) is 169 cm³/mol. The molecule has 14 nitrogen and oxygen atoms in total. The van der Waals surface area contributed by atoms with Crippen LogP contribution in [0.4, 0.5) is 16.2 Å². The lowest BCUT2D eigenvalue weighted by atomic mass is 9.85. The minimum atomic E-state index is -0.656. The summed E-state index contributed by atoms with van der Waals surface area (Å²) in [5.74, 6) is 0.0369. The Morgan fingerprint density at radius 1 is 1.09 bits per heavy atom. The van der Waals surface area contributed by atoms with Gasteiger partial charge in [-0.3, -0.25) is 9.69 Å². The number of anilines is 2. The van der Waals surface area contributed by atoms with E-state index in [0.29, 0.717) is 6.04 Å². The van der Waals surface area contributed by atoms with Crippen molar-refractivity contribution in [1.29, 1.82) is 0 Å². The molecular formula is C30H41N11O3. The summed E-state index contributed by atoms with van der Waals surface area (Å²) < 4.78 is 4.75. The minimum Gasteiger partial charge on any atom is -0.443 e. The van der Waals surface area contributed by atoms with Crippen molar-refractivity contribution in [3.05, 3.63) is 80.0 Å². The van der Waals surface area contributed by atoms with Crippen molar-refractivity contribution in [2.75, 3.05) is 43.6 Å². The highest BCUT2D eigenvalue weighted by Gasteiger charge is 2.29. The van der Waals surface area contributed by atoms with E-state index in [-0.39, 0.29) is 37.7 Å². The Morgan fingerprint density at radius 3 is 2.64 bits per heavy atom. The van der Waals surface area contributed by atoms with Gasteiger partial charge in [0.25, 0.3) is 0 Å². The summed E-state index contributed by atoms with van der Waals surface area (Å²) >= 11 is 0. The Hall–Kier alpha value is -4.48. The van der Waals surface area contributed by atoms with Gasteiger partial charge in [-0.15, -0.1) is 0 Å². The molecule has 0 unspecified atom stereocenters. The second-order valence-corrected chi connectivity index (χ2v) is 11.4. The Bertz CT molecular complexity index is 1380. The smallest absolute Gasteiger partial charge is 0.407 e. The number of piperazine rings is 1. The molecule has 1 saturated carbocycles. The van der Waals surface area contributed by atoms with Crippen molar-refractivity contribution < 1.29 is 14.3 Å². The van der Waals surface area contributed by atoms with E-state index in [4.69, 9.17) is 15.8 Å². The lowest BCUT2D eigenvalue weighted by molar-refractivity contribution is -0.123. The number of hydrogen-bond acceptors (Lipinski definition) is 8. The quantitative estimate of drug-likeness (QED) is 0.165. The molecule has 1 saturated heterocycles. The molecule has 1 aliphatic carbocycles. The van der Waals surface area contributed by atoms with Crippen LogP contribution in [0.15, 0.2) is 52.7 Å². The first-order chi connectivity index (χ1) is 21.4. The van der Waals surface area contributed by atoms with Crippen LogP contribution in [-0.4, -0.2) is 62.4 Å². The topological polar surface area (TPSA) is 183 Å². The molecule has 0 spiro atoms. The first kappa shape index (κ1) is 32.4. The number of carbonyl (C=O) groups excluding carboxylic acids is 2. The van der Waals surface area contributed by atoms with Gasteiger partial charge in [-0.25, -0.2) is 4.79 Å². The largest absolute Gasteiger partial charge is 0.443 e. The van der Waals surface area contributed by atoms with Gasteiger partial charge >= 0.3 is 6.09 Å². The van der Waals surface area contributed by atoms with E-state index in [2.05, 4.69) is 53.9 Å². The number of benzene rings is 2. The standard InChI is InChI=1S/C30H41N11O3/c1-21-18-41(13-12-33-21)19-24-8-11-28(15-25(24)17-35-38-31)40(2)29(42)23-6-9-26(10-7-23)37-27-5-3-4-22(14-27)16-34-30(43)44-20-36-39-32/h3-5,8,11,14-15,21,23,26,33,37H,6-7,9-10,12-13,16-20H2,1-2H3,(H,34,43)/t21-,23?,26?/m0/s1. The van der Waals surface area contributed by atoms with E-state index >= 15 is 0 Å². The van der Waals surface area contributed by atoms with E-state index in [1.54, 1.807) is 4.90 Å². The summed E-state index contributed by atoms with van der Waals surface area (Å²) in [6, 6.07) is 14.5. The Morgan fingerprint density at radius 2 is 1.89 bits per heavy atom. The molecule has 1 atom stereocenters. The molecule has 234 valence electrons. The van der Waals surface area contributed by atoms with Gasteiger partial charge in [0.2, 0.25) is 5.91 Å². The molecule has 14 heteroatoms. The maximum Gasteiger partial charge on any atom is 0.407 e. The monoisotopic (exact) mass is 603 g/mol. The maximum absolute atomic E-state index is 13.5. The van der Waals surface area contributed by atoms with Gasteiger partial charge in [0.15, 0.2) is 6.73 Å². The van der Waals surface area contributed by atoms with Gasteiger partial charge in [0.1, 0.15) is 0 Å². The number of nitrogens with zero attached hydrogens (tertiary/aromatic N) is 8. The highest BCUT2D eigenvalue weighted by atomic mass is 16.6. The van der Waals surface area contributed by atoms with Crippen LogP contribution in [0.25, 0.3) is 20.9 Å². The van der Waals surface area contributed by atoms with Crippen molar-refractivity contribution in [3.8, 4) is 0 Å². The Labute approximate surface area is 257 Å². The Balaban J connectivity index is 1.30. The van der Waals surface area contributed by atoms with Crippen molar-refractivity contribution in [2.45, 2.75) is 64.3 Å². The van der Waals surface area contributed by atoms with E-state index < -0.39 is 6.09 Å². The zero-order chi connectivity index (χ0) is 31.3. The third-order valence-corrected chi connectivity index (χ3v) is 8.19. The normalized spacial score (nSPS) is 20.0. The number of azide groups is 2. The molecule has 2 fully saturated rings. The van der Waals surface area contributed by atoms with Crippen LogP contribution in [0.1, 0.15) is 49.3 Å². The van der Waals surface area contributed by atoms with E-state index in [1.807, 2.05) is 43.4 Å². The van der Waals surface area contributed by atoms with Gasteiger partial charge in [0, 0.05) is 79.0 Å². The average molecular weight is 604 g/mol. The summed E-state index contributed by atoms with van der Waals surface area (Å²) in [5, 5.41) is 16.7. The fourth-order valence-electron chi connectivity index (χ4n) is 5.86. The van der Waals surface area contributed by atoms with Crippen LogP contribution in [0.5, 0.6) is 0 Å². The van der Waals surface area contributed by atoms with Gasteiger partial charge in [-0.05, 0) is 84.6 Å². The van der Waals surface area contributed by atoms with Gasteiger partial charge in [0.05, 0.1) is 6.54 Å². The predicted octanol–water partition coefficient (Wildman–Crippen LogP) is 5.42. The number of ether oxygens (including phenoxy) is 1. The molecule has 1 heterocycles. The number of alkyl carbamates (subject to hydrolysis) is 1.